The van der Waals surface area contributed by atoms with E-state index in [9.17, 15) is 8.42 Å². The molecule has 0 bridgehead atoms. The summed E-state index contributed by atoms with van der Waals surface area (Å²) >= 11 is 8.83. The molecule has 0 spiro atoms. The number of rotatable bonds is 8. The van der Waals surface area contributed by atoms with Crippen LogP contribution in [0.15, 0.2) is 10.8 Å². The lowest BCUT2D eigenvalue weighted by molar-refractivity contribution is 0.140. The molecule has 0 unspecified atom stereocenters. The first kappa shape index (κ1) is 16.6. The summed E-state index contributed by atoms with van der Waals surface area (Å²) in [5.74, 6) is 0.0713. The van der Waals surface area contributed by atoms with Crippen molar-refractivity contribution in [1.82, 2.24) is 14.7 Å². The summed E-state index contributed by atoms with van der Waals surface area (Å²) in [6.45, 7) is 3.05. The van der Waals surface area contributed by atoms with E-state index in [-0.39, 0.29) is 22.0 Å². The van der Waals surface area contributed by atoms with Gasteiger partial charge in [0, 0.05) is 13.2 Å². The van der Waals surface area contributed by atoms with E-state index >= 15 is 0 Å². The van der Waals surface area contributed by atoms with Crippen molar-refractivity contribution in [2.75, 3.05) is 24.5 Å². The Bertz CT molecular complexity index is 514. The van der Waals surface area contributed by atoms with Gasteiger partial charge in [-0.25, -0.2) is 9.97 Å². The van der Waals surface area contributed by atoms with Crippen molar-refractivity contribution < 1.29 is 13.2 Å². The van der Waals surface area contributed by atoms with Crippen LogP contribution in [0.5, 0.6) is 0 Å². The van der Waals surface area contributed by atoms with E-state index in [4.69, 9.17) is 16.3 Å². The standard InChI is InChI=1S/C9H14BrClN4O3S/c1-2-4-18-5-3-14-19(16,17)15-9-7(10)8(11)12-6-13-9/h6,14H,2-5H2,1H3,(H,12,13,15). The van der Waals surface area contributed by atoms with Gasteiger partial charge in [-0.15, -0.1) is 0 Å². The molecule has 2 N–H and O–H groups in total. The van der Waals surface area contributed by atoms with Crippen LogP contribution in [0.25, 0.3) is 0 Å². The molecule has 0 fully saturated rings. The molecule has 108 valence electrons. The predicted octanol–water partition coefficient (Wildman–Crippen LogP) is 1.57. The quantitative estimate of drug-likeness (QED) is 0.533. The van der Waals surface area contributed by atoms with Crippen LogP contribution in [-0.4, -0.2) is 38.1 Å². The van der Waals surface area contributed by atoms with Gasteiger partial charge in [-0.1, -0.05) is 18.5 Å². The Kier molecular flexibility index (Phi) is 6.94. The Balaban J connectivity index is 2.52. The van der Waals surface area contributed by atoms with Gasteiger partial charge in [0.2, 0.25) is 0 Å². The monoisotopic (exact) mass is 372 g/mol. The highest BCUT2D eigenvalue weighted by Gasteiger charge is 2.14. The fourth-order valence-corrected chi connectivity index (χ4v) is 2.48. The van der Waals surface area contributed by atoms with Crippen LogP contribution in [0.1, 0.15) is 13.3 Å². The fraction of sp³-hybridized carbons (Fsp3) is 0.556. The highest BCUT2D eigenvalue weighted by atomic mass is 79.9. The lowest BCUT2D eigenvalue weighted by atomic mass is 10.5. The molecule has 0 aromatic carbocycles. The average Bonchev–Trinajstić information content (AvgIpc) is 2.34. The van der Waals surface area contributed by atoms with Crippen molar-refractivity contribution in [3.05, 3.63) is 16.0 Å². The average molecular weight is 374 g/mol. The lowest BCUT2D eigenvalue weighted by Gasteiger charge is -2.10. The molecule has 0 radical (unpaired) electrons. The van der Waals surface area contributed by atoms with E-state index in [1.165, 1.54) is 0 Å². The third-order valence-electron chi connectivity index (χ3n) is 1.86. The highest BCUT2D eigenvalue weighted by molar-refractivity contribution is 9.10. The van der Waals surface area contributed by atoms with Gasteiger partial charge in [0.05, 0.1) is 11.1 Å². The number of aromatic nitrogens is 2. The van der Waals surface area contributed by atoms with Gasteiger partial charge in [0.25, 0.3) is 10.2 Å². The Morgan fingerprint density at radius 1 is 1.42 bits per heavy atom. The van der Waals surface area contributed by atoms with E-state index in [0.29, 0.717) is 13.2 Å². The van der Waals surface area contributed by atoms with Crippen LogP contribution in [0.3, 0.4) is 0 Å². The molecule has 0 atom stereocenters. The van der Waals surface area contributed by atoms with Gasteiger partial charge in [0.1, 0.15) is 11.5 Å². The molecule has 0 aliphatic heterocycles. The molecular formula is C9H14BrClN4O3S. The summed E-state index contributed by atoms with van der Waals surface area (Å²) in [7, 11) is -3.72. The highest BCUT2D eigenvalue weighted by Crippen LogP contribution is 2.26. The predicted molar refractivity (Wildman–Crippen MR) is 76.4 cm³/mol. The molecule has 0 aliphatic carbocycles. The third kappa shape index (κ3) is 6.00. The molecular weight excluding hydrogens is 360 g/mol. The lowest BCUT2D eigenvalue weighted by Crippen LogP contribution is -2.33. The third-order valence-corrected chi connectivity index (χ3v) is 4.18. The minimum Gasteiger partial charge on any atom is -0.380 e. The number of nitrogens with zero attached hydrogens (tertiary/aromatic N) is 2. The molecule has 7 nitrogen and oxygen atoms in total. The molecule has 1 heterocycles. The number of hydrogen-bond acceptors (Lipinski definition) is 5. The zero-order chi connectivity index (χ0) is 14.3. The number of anilines is 1. The molecule has 1 aromatic rings. The van der Waals surface area contributed by atoms with Crippen molar-refractivity contribution >= 4 is 43.6 Å². The molecule has 0 aliphatic rings. The second-order valence-electron chi connectivity index (χ2n) is 3.44. The van der Waals surface area contributed by atoms with Crippen molar-refractivity contribution in [1.29, 1.82) is 0 Å². The van der Waals surface area contributed by atoms with E-state index in [2.05, 4.69) is 35.3 Å². The topological polar surface area (TPSA) is 93.2 Å². The van der Waals surface area contributed by atoms with Gasteiger partial charge >= 0.3 is 0 Å². The van der Waals surface area contributed by atoms with Gasteiger partial charge < -0.3 is 4.74 Å². The molecule has 0 amide bonds. The maximum atomic E-state index is 11.7. The molecule has 10 heteroatoms. The second kappa shape index (κ2) is 7.95. The van der Waals surface area contributed by atoms with E-state index in [1.807, 2.05) is 6.92 Å². The summed E-state index contributed by atoms with van der Waals surface area (Å²) in [6, 6.07) is 0. The second-order valence-corrected chi connectivity index (χ2v) is 6.09. The Morgan fingerprint density at radius 3 is 2.84 bits per heavy atom. The number of ether oxygens (including phenoxy) is 1. The van der Waals surface area contributed by atoms with Crippen molar-refractivity contribution in [2.24, 2.45) is 0 Å². The van der Waals surface area contributed by atoms with Crippen LogP contribution >= 0.6 is 27.5 Å². The summed E-state index contributed by atoms with van der Waals surface area (Å²) < 4.78 is 33.4. The first-order valence-corrected chi connectivity index (χ1v) is 8.13. The number of halogens is 2. The summed E-state index contributed by atoms with van der Waals surface area (Å²) in [5, 5.41) is 0.124. The molecule has 1 rings (SSSR count). The van der Waals surface area contributed by atoms with Crippen LogP contribution in [-0.2, 0) is 14.9 Å². The first-order valence-electron chi connectivity index (χ1n) is 5.47. The zero-order valence-electron chi connectivity index (χ0n) is 10.2. The van der Waals surface area contributed by atoms with Gasteiger partial charge in [-0.05, 0) is 22.4 Å². The number of nitrogens with one attached hydrogen (secondary N) is 2. The molecule has 0 saturated heterocycles. The van der Waals surface area contributed by atoms with Crippen LogP contribution in [0, 0.1) is 0 Å². The van der Waals surface area contributed by atoms with E-state index in [0.717, 1.165) is 12.7 Å². The van der Waals surface area contributed by atoms with Gasteiger partial charge in [-0.3, -0.25) is 4.72 Å². The molecule has 19 heavy (non-hydrogen) atoms. The fourth-order valence-electron chi connectivity index (χ4n) is 1.08. The van der Waals surface area contributed by atoms with Crippen molar-refractivity contribution in [3.8, 4) is 0 Å². The first-order chi connectivity index (χ1) is 8.96. The normalized spacial score (nSPS) is 11.5. The number of hydrogen-bond donors (Lipinski definition) is 2. The van der Waals surface area contributed by atoms with Gasteiger partial charge in [-0.2, -0.15) is 13.1 Å². The Hall–Kier alpha value is -0.480. The largest absolute Gasteiger partial charge is 0.380 e. The van der Waals surface area contributed by atoms with Crippen LogP contribution in [0.4, 0.5) is 5.82 Å². The van der Waals surface area contributed by atoms with Crippen molar-refractivity contribution in [2.45, 2.75) is 13.3 Å². The van der Waals surface area contributed by atoms with E-state index < -0.39 is 10.2 Å². The molecule has 1 aromatic heterocycles. The van der Waals surface area contributed by atoms with Crippen LogP contribution < -0.4 is 9.44 Å². The maximum Gasteiger partial charge on any atom is 0.300 e. The minimum atomic E-state index is -3.72. The van der Waals surface area contributed by atoms with Crippen molar-refractivity contribution in [3.63, 3.8) is 0 Å². The summed E-state index contributed by atoms with van der Waals surface area (Å²) in [4.78, 5) is 7.48. The van der Waals surface area contributed by atoms with E-state index in [1.54, 1.807) is 0 Å². The SMILES string of the molecule is CCCOCCNS(=O)(=O)Nc1ncnc(Cl)c1Br. The maximum absolute atomic E-state index is 11.7. The Labute approximate surface area is 125 Å². The summed E-state index contributed by atoms with van der Waals surface area (Å²) in [5.41, 5.74) is 0. The van der Waals surface area contributed by atoms with Gasteiger partial charge in [0.15, 0.2) is 5.82 Å². The zero-order valence-corrected chi connectivity index (χ0v) is 13.3. The summed E-state index contributed by atoms with van der Waals surface area (Å²) in [6.07, 6.45) is 2.05. The smallest absolute Gasteiger partial charge is 0.300 e. The Morgan fingerprint density at radius 2 is 2.16 bits per heavy atom. The minimum absolute atomic E-state index is 0.0713. The molecule has 0 saturated carbocycles. The van der Waals surface area contributed by atoms with Crippen LogP contribution in [0.2, 0.25) is 5.15 Å².